The minimum absolute atomic E-state index is 0.0955. The Balaban J connectivity index is 4.68. The second-order valence-electron chi connectivity index (χ2n) is 14.1. The molecule has 336 valence electrons. The Kier molecular flexibility index (Phi) is 36.3. The van der Waals surface area contributed by atoms with Gasteiger partial charge >= 0.3 is 27.6 Å². The van der Waals surface area contributed by atoms with Crippen LogP contribution >= 0.6 is 15.6 Å². The summed E-state index contributed by atoms with van der Waals surface area (Å²) in [5.41, 5.74) is 0. The van der Waals surface area contributed by atoms with Gasteiger partial charge in [-0.25, -0.2) is 9.13 Å². The lowest BCUT2D eigenvalue weighted by atomic mass is 10.1. The molecule has 0 bridgehead atoms. The molecule has 0 aliphatic heterocycles. The van der Waals surface area contributed by atoms with E-state index in [0.717, 1.165) is 77.0 Å². The Hall–Kier alpha value is -2.22. The lowest BCUT2D eigenvalue weighted by Gasteiger charge is -2.20. The van der Waals surface area contributed by atoms with Gasteiger partial charge in [-0.15, -0.1) is 0 Å². The van der Waals surface area contributed by atoms with Crippen molar-refractivity contribution in [2.75, 3.05) is 26.4 Å². The van der Waals surface area contributed by atoms with E-state index < -0.39 is 72.3 Å². The molecule has 0 radical (unpaired) electrons. The number of ether oxygens (including phenoxy) is 2. The van der Waals surface area contributed by atoms with E-state index in [-0.39, 0.29) is 12.8 Å². The smallest absolute Gasteiger partial charge is 0.462 e. The highest BCUT2D eigenvalue weighted by Gasteiger charge is 2.28. The predicted molar refractivity (Wildman–Crippen MR) is 227 cm³/mol. The fraction of sp³-hybridized carbons (Fsp3) is 0.714. The van der Waals surface area contributed by atoms with Crippen molar-refractivity contribution >= 4 is 27.6 Å². The molecule has 0 rings (SSSR count). The van der Waals surface area contributed by atoms with Gasteiger partial charge in [0.25, 0.3) is 0 Å². The summed E-state index contributed by atoms with van der Waals surface area (Å²) in [4.78, 5) is 52.6. The normalized spacial score (nSPS) is 15.2. The van der Waals surface area contributed by atoms with Gasteiger partial charge in [-0.2, -0.15) is 0 Å². The second-order valence-corrected chi connectivity index (χ2v) is 16.8. The lowest BCUT2D eigenvalue weighted by molar-refractivity contribution is -0.161. The monoisotopic (exact) mass is 864 g/mol. The third-order valence-corrected chi connectivity index (χ3v) is 9.91. The van der Waals surface area contributed by atoms with Crippen molar-refractivity contribution in [3.8, 4) is 0 Å². The largest absolute Gasteiger partial charge is 0.472 e. The third-order valence-electron chi connectivity index (χ3n) is 8.47. The number of phosphoric ester groups is 2. The summed E-state index contributed by atoms with van der Waals surface area (Å²) in [5, 5.41) is 19.6. The SMILES string of the molecule is CCCCCC/C=C\CCCCCCCC(=O)O[C@H](COC(=O)CCC/C=C\C/C=C\C/C=C\C=C\[C@H](O)CCCCC)COP(=O)(O)OC[C@@H](O)COP(=O)(O)O. The van der Waals surface area contributed by atoms with Crippen LogP contribution < -0.4 is 0 Å². The molecule has 58 heavy (non-hydrogen) atoms. The summed E-state index contributed by atoms with van der Waals surface area (Å²) in [5.74, 6) is -1.14. The molecular formula is C42H74O14P2. The van der Waals surface area contributed by atoms with Crippen molar-refractivity contribution in [1.82, 2.24) is 0 Å². The standard InChI is InChI=1S/C42H74O14P2/c1-3-5-7-8-9-10-11-12-15-19-22-25-29-33-42(46)56-40(37-55-58(50,51)54-35-39(44)34-53-57(47,48)49)36-52-41(45)32-28-24-21-18-16-13-14-17-20-23-27-31-38(43)30-26-6-4-2/h10-11,13-14,18,20-21,23,27,31,38-40,43-44H,3-9,12,15-17,19,22,24-26,28-30,32-37H2,1-2H3,(H,50,51)(H2,47,48,49)/b11-10-,14-13-,21-18-,23-20-,31-27+/t38-,39+,40-/m1/s1. The summed E-state index contributed by atoms with van der Waals surface area (Å²) >= 11 is 0. The fourth-order valence-corrected chi connectivity index (χ4v) is 6.36. The molecule has 0 fully saturated rings. The van der Waals surface area contributed by atoms with Crippen LogP contribution in [0.1, 0.15) is 149 Å². The maximum absolute atomic E-state index is 12.6. The summed E-state index contributed by atoms with van der Waals surface area (Å²) in [7, 11) is -9.70. The van der Waals surface area contributed by atoms with E-state index in [1.807, 2.05) is 42.5 Å². The van der Waals surface area contributed by atoms with Gasteiger partial charge in [0.2, 0.25) is 0 Å². The molecule has 0 saturated heterocycles. The highest BCUT2D eigenvalue weighted by Crippen LogP contribution is 2.43. The van der Waals surface area contributed by atoms with E-state index in [1.165, 1.54) is 25.7 Å². The minimum Gasteiger partial charge on any atom is -0.462 e. The maximum Gasteiger partial charge on any atom is 0.472 e. The van der Waals surface area contributed by atoms with Gasteiger partial charge in [0.15, 0.2) is 6.10 Å². The van der Waals surface area contributed by atoms with Crippen molar-refractivity contribution < 1.29 is 66.7 Å². The van der Waals surface area contributed by atoms with E-state index >= 15 is 0 Å². The second kappa shape index (κ2) is 37.8. The highest BCUT2D eigenvalue weighted by atomic mass is 31.2. The number of carbonyl (C=O) groups is 2. The summed E-state index contributed by atoms with van der Waals surface area (Å²) in [6.45, 7) is 1.52. The van der Waals surface area contributed by atoms with E-state index in [0.29, 0.717) is 19.3 Å². The van der Waals surface area contributed by atoms with Gasteiger partial charge in [0, 0.05) is 12.8 Å². The van der Waals surface area contributed by atoms with Gasteiger partial charge in [0.05, 0.1) is 25.9 Å². The Labute approximate surface area is 347 Å². The molecule has 0 spiro atoms. The number of hydrogen-bond donors (Lipinski definition) is 5. The van der Waals surface area contributed by atoms with Crippen LogP contribution in [0.2, 0.25) is 0 Å². The van der Waals surface area contributed by atoms with Gasteiger partial charge in [0.1, 0.15) is 12.7 Å². The van der Waals surface area contributed by atoms with E-state index in [4.69, 9.17) is 23.8 Å². The molecule has 0 aromatic heterocycles. The van der Waals surface area contributed by atoms with Gasteiger partial charge in [-0.1, -0.05) is 132 Å². The number of unbranched alkanes of at least 4 members (excludes halogenated alkanes) is 12. The maximum atomic E-state index is 12.6. The van der Waals surface area contributed by atoms with Crippen LogP contribution in [0.15, 0.2) is 60.8 Å². The highest BCUT2D eigenvalue weighted by molar-refractivity contribution is 7.47. The summed E-state index contributed by atoms with van der Waals surface area (Å²) < 4.78 is 47.6. The lowest BCUT2D eigenvalue weighted by Crippen LogP contribution is -2.30. The fourth-order valence-electron chi connectivity index (χ4n) is 5.21. The van der Waals surface area contributed by atoms with E-state index in [2.05, 4.69) is 35.0 Å². The van der Waals surface area contributed by atoms with Crippen LogP contribution in [-0.4, -0.2) is 81.6 Å². The first-order valence-electron chi connectivity index (χ1n) is 21.1. The quantitative estimate of drug-likeness (QED) is 0.0128. The Morgan fingerprint density at radius 2 is 1.10 bits per heavy atom. The average Bonchev–Trinajstić information content (AvgIpc) is 3.17. The van der Waals surface area contributed by atoms with E-state index in [1.54, 1.807) is 6.08 Å². The number of aliphatic hydroxyl groups is 2. The van der Waals surface area contributed by atoms with Crippen LogP contribution in [0.5, 0.6) is 0 Å². The predicted octanol–water partition coefficient (Wildman–Crippen LogP) is 9.42. The number of allylic oxidation sites excluding steroid dienone is 9. The van der Waals surface area contributed by atoms with Crippen LogP contribution in [0.4, 0.5) is 0 Å². The molecule has 14 nitrogen and oxygen atoms in total. The van der Waals surface area contributed by atoms with E-state index in [9.17, 15) is 33.8 Å². The molecular weight excluding hydrogens is 790 g/mol. The van der Waals surface area contributed by atoms with Crippen LogP contribution in [-0.2, 0) is 41.8 Å². The molecule has 0 heterocycles. The van der Waals surface area contributed by atoms with Gasteiger partial charge < -0.3 is 34.4 Å². The van der Waals surface area contributed by atoms with Gasteiger partial charge in [-0.3, -0.25) is 23.2 Å². The number of phosphoric acid groups is 2. The molecule has 1 unspecified atom stereocenters. The molecule has 16 heteroatoms. The molecule has 0 aliphatic rings. The zero-order chi connectivity index (χ0) is 43.2. The number of rotatable bonds is 39. The summed E-state index contributed by atoms with van der Waals surface area (Å²) in [6.07, 6.45) is 35.5. The first-order valence-corrected chi connectivity index (χ1v) is 24.1. The number of hydrogen-bond acceptors (Lipinski definition) is 11. The van der Waals surface area contributed by atoms with Gasteiger partial charge in [-0.05, 0) is 64.2 Å². The molecule has 0 aliphatic carbocycles. The van der Waals surface area contributed by atoms with Crippen molar-refractivity contribution in [3.05, 3.63) is 60.8 Å². The topological polar surface area (TPSA) is 216 Å². The Morgan fingerprint density at radius 1 is 0.569 bits per heavy atom. The average molecular weight is 865 g/mol. The van der Waals surface area contributed by atoms with Crippen LogP contribution in [0, 0.1) is 0 Å². The molecule has 0 aromatic carbocycles. The molecule has 4 atom stereocenters. The molecule has 0 amide bonds. The first kappa shape index (κ1) is 55.8. The molecule has 5 N–H and O–H groups in total. The number of aliphatic hydroxyl groups excluding tert-OH is 2. The third kappa shape index (κ3) is 40.6. The summed E-state index contributed by atoms with van der Waals surface area (Å²) in [6, 6.07) is 0. The number of carbonyl (C=O) groups excluding carboxylic acids is 2. The number of esters is 2. The molecule has 0 saturated carbocycles. The zero-order valence-electron chi connectivity index (χ0n) is 35.0. The Morgan fingerprint density at radius 3 is 1.79 bits per heavy atom. The van der Waals surface area contributed by atoms with Crippen molar-refractivity contribution in [3.63, 3.8) is 0 Å². The van der Waals surface area contributed by atoms with Crippen LogP contribution in [0.3, 0.4) is 0 Å². The van der Waals surface area contributed by atoms with Crippen molar-refractivity contribution in [2.45, 2.75) is 167 Å². The molecule has 0 aromatic rings. The first-order chi connectivity index (χ1) is 27.8. The zero-order valence-corrected chi connectivity index (χ0v) is 36.8. The van der Waals surface area contributed by atoms with Crippen molar-refractivity contribution in [2.24, 2.45) is 0 Å². The minimum atomic E-state index is -4.87. The van der Waals surface area contributed by atoms with Crippen LogP contribution in [0.25, 0.3) is 0 Å². The van der Waals surface area contributed by atoms with Crippen molar-refractivity contribution in [1.29, 1.82) is 0 Å². The Bertz CT molecular complexity index is 1280.